The monoisotopic (exact) mass is 343 g/mol. The van der Waals surface area contributed by atoms with Gasteiger partial charge in [0.2, 0.25) is 5.91 Å². The van der Waals surface area contributed by atoms with Crippen LogP contribution in [0.1, 0.15) is 23.5 Å². The Balaban J connectivity index is 1.99. The van der Waals surface area contributed by atoms with E-state index >= 15 is 0 Å². The zero-order valence-electron chi connectivity index (χ0n) is 13.2. The number of ether oxygens (including phenoxy) is 1. The quantitative estimate of drug-likeness (QED) is 0.495. The van der Waals surface area contributed by atoms with Gasteiger partial charge in [0.25, 0.3) is 5.56 Å². The van der Waals surface area contributed by atoms with Gasteiger partial charge < -0.3 is 15.0 Å². The van der Waals surface area contributed by atoms with E-state index in [-0.39, 0.29) is 23.8 Å². The van der Waals surface area contributed by atoms with E-state index in [1.54, 1.807) is 6.08 Å². The first-order valence-corrected chi connectivity index (χ1v) is 8.66. The molecule has 1 aromatic heterocycles. The molecule has 1 aromatic carbocycles. The number of H-pyrrole nitrogens is 1. The Morgan fingerprint density at radius 2 is 2.12 bits per heavy atom. The normalized spacial score (nSPS) is 16.2. The second kappa shape index (κ2) is 6.92. The summed E-state index contributed by atoms with van der Waals surface area (Å²) in [6.45, 7) is 4.03. The molecule has 0 spiro atoms. The maximum Gasteiger partial charge on any atom is 0.257 e. The number of carbonyl (C=O) groups excluding carboxylic acids is 1. The number of aromatic amines is 1. The Morgan fingerprint density at radius 3 is 2.79 bits per heavy atom. The third kappa shape index (κ3) is 3.21. The fraction of sp³-hybridized carbons (Fsp3) is 0.235. The van der Waals surface area contributed by atoms with Crippen molar-refractivity contribution in [2.24, 2.45) is 0 Å². The van der Waals surface area contributed by atoms with Crippen molar-refractivity contribution >= 4 is 23.5 Å². The first kappa shape index (κ1) is 16.3. The third-order valence-corrected chi connectivity index (χ3v) is 4.35. The van der Waals surface area contributed by atoms with Gasteiger partial charge in [-0.25, -0.2) is 4.98 Å². The molecule has 7 heteroatoms. The van der Waals surface area contributed by atoms with Gasteiger partial charge in [-0.05, 0) is 24.0 Å². The summed E-state index contributed by atoms with van der Waals surface area (Å²) in [6, 6.07) is 7.38. The van der Waals surface area contributed by atoms with E-state index in [9.17, 15) is 9.59 Å². The smallest absolute Gasteiger partial charge is 0.257 e. The van der Waals surface area contributed by atoms with Gasteiger partial charge in [-0.3, -0.25) is 9.59 Å². The molecule has 1 aliphatic heterocycles. The molecule has 1 atom stereocenters. The Morgan fingerprint density at radius 1 is 1.38 bits per heavy atom. The fourth-order valence-electron chi connectivity index (χ4n) is 2.68. The molecule has 2 N–H and O–H groups in total. The van der Waals surface area contributed by atoms with Crippen molar-refractivity contribution in [2.45, 2.75) is 17.5 Å². The third-order valence-electron chi connectivity index (χ3n) is 3.77. The van der Waals surface area contributed by atoms with Crippen molar-refractivity contribution in [1.82, 2.24) is 9.97 Å². The van der Waals surface area contributed by atoms with Crippen LogP contribution < -0.4 is 15.6 Å². The van der Waals surface area contributed by atoms with Crippen molar-refractivity contribution < 1.29 is 9.53 Å². The standard InChI is InChI=1S/C17H17N3O3S/c1-3-8-23-11-6-4-10(5-7-11)12-9-13(21)18-15-14(12)16(22)20-17(19-15)24-2/h3-7,12H,1,8-9H2,2H3,(H2,18,19,20,21,22)/t12-/m1/s1. The number of nitrogens with zero attached hydrogens (tertiary/aromatic N) is 1. The molecule has 0 unspecified atom stereocenters. The van der Waals surface area contributed by atoms with E-state index in [1.807, 2.05) is 30.5 Å². The lowest BCUT2D eigenvalue weighted by atomic mass is 9.87. The Bertz CT molecular complexity index is 830. The lowest BCUT2D eigenvalue weighted by Crippen LogP contribution is -2.31. The Kier molecular flexibility index (Phi) is 4.71. The first-order valence-electron chi connectivity index (χ1n) is 7.44. The number of benzene rings is 1. The highest BCUT2D eigenvalue weighted by atomic mass is 32.2. The van der Waals surface area contributed by atoms with Crippen LogP contribution in [0, 0.1) is 0 Å². The summed E-state index contributed by atoms with van der Waals surface area (Å²) < 4.78 is 5.46. The largest absolute Gasteiger partial charge is 0.490 e. The molecule has 0 bridgehead atoms. The second-order valence-corrected chi connectivity index (χ2v) is 6.11. The number of nitrogens with one attached hydrogen (secondary N) is 2. The maximum atomic E-state index is 12.4. The van der Waals surface area contributed by atoms with Gasteiger partial charge in [0.15, 0.2) is 5.16 Å². The maximum absolute atomic E-state index is 12.4. The predicted molar refractivity (Wildman–Crippen MR) is 93.9 cm³/mol. The molecule has 0 saturated heterocycles. The number of anilines is 1. The summed E-state index contributed by atoms with van der Waals surface area (Å²) in [7, 11) is 0. The minimum absolute atomic E-state index is 0.148. The molecule has 6 nitrogen and oxygen atoms in total. The van der Waals surface area contributed by atoms with Crippen molar-refractivity contribution in [1.29, 1.82) is 0 Å². The number of aromatic nitrogens is 2. The van der Waals surface area contributed by atoms with E-state index in [1.165, 1.54) is 11.8 Å². The lowest BCUT2D eigenvalue weighted by molar-refractivity contribution is -0.116. The van der Waals surface area contributed by atoms with Crippen molar-refractivity contribution in [3.8, 4) is 5.75 Å². The highest BCUT2D eigenvalue weighted by Crippen LogP contribution is 2.34. The van der Waals surface area contributed by atoms with Crippen LogP contribution in [0.3, 0.4) is 0 Å². The van der Waals surface area contributed by atoms with Crippen molar-refractivity contribution in [3.63, 3.8) is 0 Å². The van der Waals surface area contributed by atoms with E-state index in [0.717, 1.165) is 5.56 Å². The minimum Gasteiger partial charge on any atom is -0.490 e. The van der Waals surface area contributed by atoms with Gasteiger partial charge in [-0.1, -0.05) is 36.5 Å². The Hall–Kier alpha value is -2.54. The minimum atomic E-state index is -0.325. The SMILES string of the molecule is C=CCOc1ccc([C@H]2CC(=O)Nc3nc(SC)[nH]c(=O)c32)cc1. The van der Waals surface area contributed by atoms with E-state index < -0.39 is 0 Å². The highest BCUT2D eigenvalue weighted by Gasteiger charge is 2.30. The lowest BCUT2D eigenvalue weighted by Gasteiger charge is -2.24. The number of fused-ring (bicyclic) bond motifs is 1. The molecule has 24 heavy (non-hydrogen) atoms. The van der Waals surface area contributed by atoms with Crippen LogP contribution in [-0.2, 0) is 4.79 Å². The number of thioether (sulfide) groups is 1. The van der Waals surface area contributed by atoms with Crippen LogP contribution in [0.15, 0.2) is 46.9 Å². The van der Waals surface area contributed by atoms with Crippen LogP contribution in [0.4, 0.5) is 5.82 Å². The number of rotatable bonds is 5. The highest BCUT2D eigenvalue weighted by molar-refractivity contribution is 7.98. The fourth-order valence-corrected chi connectivity index (χ4v) is 3.06. The molecular formula is C17H17N3O3S. The summed E-state index contributed by atoms with van der Waals surface area (Å²) in [5, 5.41) is 3.17. The average molecular weight is 343 g/mol. The summed E-state index contributed by atoms with van der Waals surface area (Å²) in [4.78, 5) is 31.5. The van der Waals surface area contributed by atoms with E-state index in [4.69, 9.17) is 4.74 Å². The first-order chi connectivity index (χ1) is 11.6. The summed E-state index contributed by atoms with van der Waals surface area (Å²) in [5.41, 5.74) is 1.15. The number of carbonyl (C=O) groups is 1. The Labute approximate surface area is 143 Å². The molecule has 0 saturated carbocycles. The van der Waals surface area contributed by atoms with Gasteiger partial charge in [-0.15, -0.1) is 0 Å². The molecule has 2 aromatic rings. The van der Waals surface area contributed by atoms with Crippen LogP contribution in [0.5, 0.6) is 5.75 Å². The van der Waals surface area contributed by atoms with E-state index in [0.29, 0.717) is 28.9 Å². The molecule has 124 valence electrons. The van der Waals surface area contributed by atoms with Gasteiger partial charge in [0.1, 0.15) is 18.2 Å². The topological polar surface area (TPSA) is 84.1 Å². The van der Waals surface area contributed by atoms with Crippen LogP contribution in [-0.4, -0.2) is 28.7 Å². The van der Waals surface area contributed by atoms with Crippen LogP contribution >= 0.6 is 11.8 Å². The molecule has 0 fully saturated rings. The zero-order chi connectivity index (χ0) is 17.1. The summed E-state index contributed by atoms with van der Waals surface area (Å²) >= 11 is 1.32. The molecule has 0 radical (unpaired) electrons. The molecular weight excluding hydrogens is 326 g/mol. The molecule has 1 aliphatic rings. The van der Waals surface area contributed by atoms with Crippen LogP contribution in [0.25, 0.3) is 0 Å². The molecule has 3 rings (SSSR count). The van der Waals surface area contributed by atoms with E-state index in [2.05, 4.69) is 21.9 Å². The molecule has 0 aliphatic carbocycles. The second-order valence-electron chi connectivity index (χ2n) is 5.31. The van der Waals surface area contributed by atoms with Gasteiger partial charge in [-0.2, -0.15) is 0 Å². The zero-order valence-corrected chi connectivity index (χ0v) is 14.0. The molecule has 1 amide bonds. The summed E-state index contributed by atoms with van der Waals surface area (Å²) in [6.07, 6.45) is 3.70. The van der Waals surface area contributed by atoms with Gasteiger partial charge >= 0.3 is 0 Å². The number of amides is 1. The number of hydrogen-bond donors (Lipinski definition) is 2. The van der Waals surface area contributed by atoms with Gasteiger partial charge in [0.05, 0.1) is 5.56 Å². The predicted octanol–water partition coefficient (Wildman–Crippen LogP) is 2.53. The average Bonchev–Trinajstić information content (AvgIpc) is 2.59. The molecule has 2 heterocycles. The van der Waals surface area contributed by atoms with Crippen molar-refractivity contribution in [2.75, 3.05) is 18.2 Å². The number of hydrogen-bond acceptors (Lipinski definition) is 5. The summed E-state index contributed by atoms with van der Waals surface area (Å²) in [5.74, 6) is 0.583. The van der Waals surface area contributed by atoms with Gasteiger partial charge in [0, 0.05) is 12.3 Å². The van der Waals surface area contributed by atoms with Crippen molar-refractivity contribution in [3.05, 3.63) is 58.4 Å². The van der Waals surface area contributed by atoms with Crippen LogP contribution in [0.2, 0.25) is 0 Å².